The van der Waals surface area contributed by atoms with E-state index in [9.17, 15) is 12.8 Å². The van der Waals surface area contributed by atoms with Crippen LogP contribution in [-0.4, -0.2) is 52.0 Å². The molecule has 0 bridgehead atoms. The van der Waals surface area contributed by atoms with Crippen LogP contribution in [0, 0.1) is 5.82 Å². The summed E-state index contributed by atoms with van der Waals surface area (Å²) in [5.74, 6) is 0.540. The summed E-state index contributed by atoms with van der Waals surface area (Å²) in [6.07, 6.45) is 0. The summed E-state index contributed by atoms with van der Waals surface area (Å²) < 4.78 is 37.1. The Bertz CT molecular complexity index is 979. The Balaban J connectivity index is 0.00000320. The lowest BCUT2D eigenvalue weighted by Crippen LogP contribution is -2.52. The molecule has 0 spiro atoms. The molecule has 1 fully saturated rings. The first kappa shape index (κ1) is 24.4. The molecule has 30 heavy (non-hydrogen) atoms. The molecule has 10 heteroatoms. The monoisotopic (exact) mass is 547 g/mol. The van der Waals surface area contributed by atoms with Crippen molar-refractivity contribution in [2.45, 2.75) is 18.4 Å². The molecule has 164 valence electrons. The van der Waals surface area contributed by atoms with Crippen LogP contribution < -0.4 is 15.4 Å². The van der Waals surface area contributed by atoms with Gasteiger partial charge in [0.05, 0.1) is 17.1 Å². The number of para-hydroxylation sites is 1. The van der Waals surface area contributed by atoms with Gasteiger partial charge in [0, 0.05) is 32.7 Å². The minimum absolute atomic E-state index is 0. The van der Waals surface area contributed by atoms with Crippen molar-refractivity contribution < 1.29 is 12.8 Å². The molecule has 7 nitrogen and oxygen atoms in total. The van der Waals surface area contributed by atoms with E-state index in [1.165, 1.54) is 12.1 Å². The van der Waals surface area contributed by atoms with Crippen molar-refractivity contribution in [3.05, 3.63) is 59.9 Å². The van der Waals surface area contributed by atoms with Crippen molar-refractivity contribution in [3.63, 3.8) is 0 Å². The molecule has 0 aromatic heterocycles. The van der Waals surface area contributed by atoms with Gasteiger partial charge in [-0.25, -0.2) is 22.9 Å². The number of primary sulfonamides is 1. The van der Waals surface area contributed by atoms with Crippen LogP contribution in [0.25, 0.3) is 0 Å². The first-order chi connectivity index (χ1) is 13.9. The number of nitrogens with one attached hydrogen (secondary N) is 1. The number of halogens is 2. The zero-order valence-electron chi connectivity index (χ0n) is 16.8. The van der Waals surface area contributed by atoms with Gasteiger partial charge in [-0.1, -0.05) is 24.3 Å². The summed E-state index contributed by atoms with van der Waals surface area (Å²) in [6, 6.07) is 13.3. The molecule has 0 amide bonds. The molecule has 3 rings (SSSR count). The molecular formula is C20H27FIN5O2S. The second-order valence-corrected chi connectivity index (χ2v) is 8.35. The maximum Gasteiger partial charge on any atom is 0.238 e. The fourth-order valence-electron chi connectivity index (χ4n) is 3.28. The maximum absolute atomic E-state index is 14.0. The van der Waals surface area contributed by atoms with Crippen molar-refractivity contribution >= 4 is 45.6 Å². The van der Waals surface area contributed by atoms with Crippen molar-refractivity contribution in [2.24, 2.45) is 10.1 Å². The number of piperazine rings is 1. The van der Waals surface area contributed by atoms with Gasteiger partial charge in [0.25, 0.3) is 0 Å². The van der Waals surface area contributed by atoms with Gasteiger partial charge >= 0.3 is 0 Å². The molecule has 0 saturated carbocycles. The molecule has 0 radical (unpaired) electrons. The Morgan fingerprint density at radius 3 is 2.47 bits per heavy atom. The van der Waals surface area contributed by atoms with Crippen molar-refractivity contribution in [2.75, 3.05) is 37.6 Å². The highest BCUT2D eigenvalue weighted by Crippen LogP contribution is 2.20. The number of anilines is 1. The maximum atomic E-state index is 14.0. The van der Waals surface area contributed by atoms with Crippen LogP contribution in [-0.2, 0) is 16.6 Å². The quantitative estimate of drug-likeness (QED) is 0.341. The Hall–Kier alpha value is -1.92. The summed E-state index contributed by atoms with van der Waals surface area (Å²) >= 11 is 0. The first-order valence-electron chi connectivity index (χ1n) is 9.53. The Kier molecular flexibility index (Phi) is 8.86. The summed E-state index contributed by atoms with van der Waals surface area (Å²) in [7, 11) is -3.74. The van der Waals surface area contributed by atoms with Gasteiger partial charge in [-0.3, -0.25) is 0 Å². The van der Waals surface area contributed by atoms with Gasteiger partial charge in [0.2, 0.25) is 10.0 Å². The van der Waals surface area contributed by atoms with Crippen molar-refractivity contribution in [1.82, 2.24) is 10.2 Å². The minimum Gasteiger partial charge on any atom is -0.366 e. The van der Waals surface area contributed by atoms with Crippen LogP contribution in [0.2, 0.25) is 0 Å². The van der Waals surface area contributed by atoms with Gasteiger partial charge in [0.15, 0.2) is 5.96 Å². The third-order valence-corrected chi connectivity index (χ3v) is 5.66. The van der Waals surface area contributed by atoms with E-state index in [0.717, 1.165) is 11.5 Å². The van der Waals surface area contributed by atoms with Gasteiger partial charge < -0.3 is 15.1 Å². The Labute approximate surface area is 194 Å². The van der Waals surface area contributed by atoms with Crippen LogP contribution in [0.15, 0.2) is 58.4 Å². The number of hydrogen-bond donors (Lipinski definition) is 2. The molecule has 2 aromatic carbocycles. The van der Waals surface area contributed by atoms with Crippen LogP contribution in [0.4, 0.5) is 10.1 Å². The van der Waals surface area contributed by atoms with E-state index in [4.69, 9.17) is 5.14 Å². The topological polar surface area (TPSA) is 91.0 Å². The minimum atomic E-state index is -3.74. The molecule has 0 atom stereocenters. The van der Waals surface area contributed by atoms with E-state index in [1.54, 1.807) is 24.3 Å². The summed E-state index contributed by atoms with van der Waals surface area (Å²) in [6.45, 7) is 5.82. The van der Waals surface area contributed by atoms with Crippen molar-refractivity contribution in [1.29, 1.82) is 0 Å². The smallest absolute Gasteiger partial charge is 0.238 e. The highest BCUT2D eigenvalue weighted by atomic mass is 127. The zero-order chi connectivity index (χ0) is 20.9. The highest BCUT2D eigenvalue weighted by Gasteiger charge is 2.21. The van der Waals surface area contributed by atoms with Gasteiger partial charge in [-0.15, -0.1) is 24.0 Å². The second kappa shape index (κ2) is 10.9. The number of hydrogen-bond acceptors (Lipinski definition) is 4. The molecule has 1 aliphatic heterocycles. The zero-order valence-corrected chi connectivity index (χ0v) is 19.9. The number of sulfonamides is 1. The second-order valence-electron chi connectivity index (χ2n) is 6.79. The van der Waals surface area contributed by atoms with Gasteiger partial charge in [-0.05, 0) is 36.8 Å². The molecule has 1 saturated heterocycles. The Morgan fingerprint density at radius 1 is 1.13 bits per heavy atom. The third kappa shape index (κ3) is 6.29. The molecule has 2 aromatic rings. The predicted octanol–water partition coefficient (Wildman–Crippen LogP) is 2.38. The average molecular weight is 547 g/mol. The SMILES string of the molecule is CCNC(=NCc1cccc(S(N)(=O)=O)c1)N1CCN(c2ccccc2F)CC1.I. The normalized spacial score (nSPS) is 15.0. The molecular weight excluding hydrogens is 520 g/mol. The van der Waals surface area contributed by atoms with Crippen LogP contribution in [0.5, 0.6) is 0 Å². The molecule has 0 unspecified atom stereocenters. The third-order valence-electron chi connectivity index (χ3n) is 4.75. The van der Waals surface area contributed by atoms with Crippen LogP contribution in [0.3, 0.4) is 0 Å². The lowest BCUT2D eigenvalue weighted by Gasteiger charge is -2.37. The Morgan fingerprint density at radius 2 is 1.83 bits per heavy atom. The fourth-order valence-corrected chi connectivity index (χ4v) is 3.86. The van der Waals surface area contributed by atoms with E-state index >= 15 is 0 Å². The van der Waals surface area contributed by atoms with Gasteiger partial charge in [0.1, 0.15) is 5.82 Å². The standard InChI is InChI=1S/C20H26FN5O2S.HI/c1-2-23-20(24-15-16-6-5-7-17(14-16)29(22,27)28)26-12-10-25(11-13-26)19-9-4-3-8-18(19)21;/h3-9,14H,2,10-13,15H2,1H3,(H,23,24)(H2,22,27,28);1H. The predicted molar refractivity (Wildman–Crippen MR) is 128 cm³/mol. The van der Waals surface area contributed by atoms with E-state index in [-0.39, 0.29) is 34.7 Å². The molecule has 3 N–H and O–H groups in total. The number of nitrogens with two attached hydrogens (primary N) is 1. The van der Waals surface area contributed by atoms with Gasteiger partial charge in [-0.2, -0.15) is 0 Å². The number of nitrogens with zero attached hydrogens (tertiary/aromatic N) is 3. The lowest BCUT2D eigenvalue weighted by molar-refractivity contribution is 0.370. The average Bonchev–Trinajstić information content (AvgIpc) is 2.71. The van der Waals surface area contributed by atoms with E-state index in [1.807, 2.05) is 24.0 Å². The van der Waals surface area contributed by atoms with Crippen LogP contribution >= 0.6 is 24.0 Å². The molecule has 1 aliphatic rings. The fraction of sp³-hybridized carbons (Fsp3) is 0.350. The number of guanidine groups is 1. The molecule has 1 heterocycles. The van der Waals surface area contributed by atoms with Crippen molar-refractivity contribution in [3.8, 4) is 0 Å². The lowest BCUT2D eigenvalue weighted by atomic mass is 10.2. The number of aliphatic imine (C=N–C) groups is 1. The summed E-state index contributed by atoms with van der Waals surface area (Å²) in [5.41, 5.74) is 1.38. The largest absolute Gasteiger partial charge is 0.366 e. The van der Waals surface area contributed by atoms with Crippen LogP contribution in [0.1, 0.15) is 12.5 Å². The molecule has 0 aliphatic carbocycles. The summed E-state index contributed by atoms with van der Waals surface area (Å²) in [4.78, 5) is 8.89. The first-order valence-corrected chi connectivity index (χ1v) is 11.1. The highest BCUT2D eigenvalue weighted by molar-refractivity contribution is 14.0. The van der Waals surface area contributed by atoms with E-state index in [2.05, 4.69) is 15.2 Å². The van der Waals surface area contributed by atoms with E-state index < -0.39 is 10.0 Å². The summed E-state index contributed by atoms with van der Waals surface area (Å²) in [5, 5.41) is 8.48. The number of benzene rings is 2. The number of rotatable bonds is 5. The van der Waals surface area contributed by atoms with E-state index in [0.29, 0.717) is 45.0 Å².